The van der Waals surface area contributed by atoms with Crippen molar-refractivity contribution in [2.75, 3.05) is 34.0 Å². The zero-order chi connectivity index (χ0) is 22.2. The number of hydrogen-bond donors (Lipinski definition) is 1. The van der Waals surface area contributed by atoms with E-state index in [0.29, 0.717) is 25.1 Å². The van der Waals surface area contributed by atoms with Crippen LogP contribution < -0.4 is 19.5 Å². The summed E-state index contributed by atoms with van der Waals surface area (Å²) in [5.41, 5.74) is 4.67. The van der Waals surface area contributed by atoms with Crippen molar-refractivity contribution in [2.24, 2.45) is 7.05 Å². The van der Waals surface area contributed by atoms with Crippen LogP contribution in [-0.2, 0) is 24.7 Å². The molecule has 0 spiro atoms. The third-order valence-electron chi connectivity index (χ3n) is 6.64. The predicted molar refractivity (Wildman–Crippen MR) is 122 cm³/mol. The Morgan fingerprint density at radius 3 is 2.94 bits per heavy atom. The van der Waals surface area contributed by atoms with E-state index in [4.69, 9.17) is 14.2 Å². The Bertz CT molecular complexity index is 1170. The molecule has 1 N–H and O–H groups in total. The van der Waals surface area contributed by atoms with E-state index in [1.54, 1.807) is 7.11 Å². The Balaban J connectivity index is 1.29. The molecule has 3 heterocycles. The fourth-order valence-electron chi connectivity index (χ4n) is 4.95. The Morgan fingerprint density at radius 1 is 1.25 bits per heavy atom. The van der Waals surface area contributed by atoms with Crippen LogP contribution in [0.25, 0.3) is 10.9 Å². The third-order valence-corrected chi connectivity index (χ3v) is 6.64. The summed E-state index contributed by atoms with van der Waals surface area (Å²) in [6, 6.07) is 10.4. The van der Waals surface area contributed by atoms with Crippen LogP contribution >= 0.6 is 0 Å². The van der Waals surface area contributed by atoms with Crippen LogP contribution in [-0.4, -0.2) is 49.4 Å². The SMILES string of the molecule is COc1c2c(cc3c1[C@@H](CNC(=O)CCc1cn(C)c4ccccc14)N(C)CC3)OCO2. The summed E-state index contributed by atoms with van der Waals surface area (Å²) in [6.07, 6.45) is 4.20. The molecule has 0 saturated heterocycles. The lowest BCUT2D eigenvalue weighted by Crippen LogP contribution is -2.40. The average Bonchev–Trinajstić information content (AvgIpc) is 3.40. The Morgan fingerprint density at radius 2 is 2.09 bits per heavy atom. The van der Waals surface area contributed by atoms with Gasteiger partial charge in [0.2, 0.25) is 18.4 Å². The molecule has 2 aliphatic heterocycles. The molecule has 1 aromatic heterocycles. The van der Waals surface area contributed by atoms with Crippen LogP contribution in [0.2, 0.25) is 0 Å². The number of carbonyl (C=O) groups is 1. The van der Waals surface area contributed by atoms with E-state index >= 15 is 0 Å². The van der Waals surface area contributed by atoms with Gasteiger partial charge in [-0.05, 0) is 43.1 Å². The summed E-state index contributed by atoms with van der Waals surface area (Å²) in [6.45, 7) is 1.64. The topological polar surface area (TPSA) is 65.0 Å². The van der Waals surface area contributed by atoms with Crippen molar-refractivity contribution < 1.29 is 19.0 Å². The van der Waals surface area contributed by atoms with E-state index < -0.39 is 0 Å². The smallest absolute Gasteiger partial charge is 0.231 e. The van der Waals surface area contributed by atoms with Gasteiger partial charge in [0, 0.05) is 49.2 Å². The molecular weight excluding hydrogens is 406 g/mol. The molecule has 168 valence electrons. The van der Waals surface area contributed by atoms with Gasteiger partial charge in [0.25, 0.3) is 0 Å². The van der Waals surface area contributed by atoms with Crippen LogP contribution in [0.3, 0.4) is 0 Å². The number of likely N-dealkylation sites (N-methyl/N-ethyl adjacent to an activating group) is 1. The third kappa shape index (κ3) is 3.56. The number of methoxy groups -OCH3 is 1. The van der Waals surface area contributed by atoms with Gasteiger partial charge < -0.3 is 24.1 Å². The number of nitrogens with zero attached hydrogens (tertiary/aromatic N) is 2. The van der Waals surface area contributed by atoms with Crippen LogP contribution in [0, 0.1) is 0 Å². The lowest BCUT2D eigenvalue weighted by Gasteiger charge is -2.36. The summed E-state index contributed by atoms with van der Waals surface area (Å²) >= 11 is 0. The van der Waals surface area contributed by atoms with Gasteiger partial charge in [-0.3, -0.25) is 9.69 Å². The molecule has 0 saturated carbocycles. The van der Waals surface area contributed by atoms with Crippen molar-refractivity contribution in [3.63, 3.8) is 0 Å². The normalized spacial score (nSPS) is 17.4. The van der Waals surface area contributed by atoms with Gasteiger partial charge in [-0.2, -0.15) is 0 Å². The molecule has 5 rings (SSSR count). The minimum absolute atomic E-state index is 0.0182. The van der Waals surface area contributed by atoms with Crippen molar-refractivity contribution in [3.05, 3.63) is 53.2 Å². The summed E-state index contributed by atoms with van der Waals surface area (Å²) in [4.78, 5) is 15.0. The van der Waals surface area contributed by atoms with E-state index in [2.05, 4.69) is 46.2 Å². The van der Waals surface area contributed by atoms with E-state index in [1.807, 2.05) is 19.2 Å². The molecule has 0 radical (unpaired) electrons. The molecular formula is C25H29N3O4. The zero-order valence-corrected chi connectivity index (χ0v) is 18.8. The molecule has 1 atom stereocenters. The first kappa shape index (κ1) is 20.7. The quantitative estimate of drug-likeness (QED) is 0.644. The average molecular weight is 436 g/mol. The van der Waals surface area contributed by atoms with E-state index in [9.17, 15) is 4.79 Å². The second kappa shape index (κ2) is 8.39. The van der Waals surface area contributed by atoms with Gasteiger partial charge in [-0.1, -0.05) is 18.2 Å². The molecule has 0 bridgehead atoms. The number of rotatable bonds is 6. The molecule has 3 aromatic rings. The number of benzene rings is 2. The largest absolute Gasteiger partial charge is 0.492 e. The second-order valence-corrected chi connectivity index (χ2v) is 8.55. The van der Waals surface area contributed by atoms with Gasteiger partial charge in [0.1, 0.15) is 0 Å². The minimum Gasteiger partial charge on any atom is -0.492 e. The first-order valence-electron chi connectivity index (χ1n) is 11.1. The maximum atomic E-state index is 12.7. The molecule has 2 aliphatic rings. The molecule has 0 fully saturated rings. The van der Waals surface area contributed by atoms with Gasteiger partial charge in [0.15, 0.2) is 11.5 Å². The molecule has 0 unspecified atom stereocenters. The number of para-hydroxylation sites is 1. The second-order valence-electron chi connectivity index (χ2n) is 8.55. The first-order chi connectivity index (χ1) is 15.6. The zero-order valence-electron chi connectivity index (χ0n) is 18.8. The summed E-state index contributed by atoms with van der Waals surface area (Å²) < 4.78 is 19.1. The summed E-state index contributed by atoms with van der Waals surface area (Å²) in [7, 11) is 5.78. The Hall–Kier alpha value is -3.19. The molecule has 1 amide bonds. The van der Waals surface area contributed by atoms with E-state index in [1.165, 1.54) is 22.0 Å². The number of ether oxygens (including phenoxy) is 3. The predicted octanol–water partition coefficient (Wildman–Crippen LogP) is 3.19. The number of nitrogens with one attached hydrogen (secondary N) is 1. The Kier molecular flexibility index (Phi) is 5.43. The minimum atomic E-state index is 0.0182. The monoisotopic (exact) mass is 435 g/mol. The Labute approximate surface area is 187 Å². The van der Waals surface area contributed by atoms with E-state index in [-0.39, 0.29) is 18.7 Å². The number of amides is 1. The molecule has 2 aromatic carbocycles. The van der Waals surface area contributed by atoms with Gasteiger partial charge in [0.05, 0.1) is 13.2 Å². The lowest BCUT2D eigenvalue weighted by molar-refractivity contribution is -0.121. The standard InChI is InChI=1S/C25H29N3O4/c1-27-11-10-16-12-21-24(32-15-31-21)25(30-3)23(16)20(27)13-26-22(29)9-8-17-14-28(2)19-7-5-4-6-18(17)19/h4-7,12,14,20H,8-11,13,15H2,1-3H3,(H,26,29)/t20-/m1/s1. The van der Waals surface area contributed by atoms with Crippen LogP contribution in [0.1, 0.15) is 29.2 Å². The number of aryl methyl sites for hydroxylation is 2. The first-order valence-corrected chi connectivity index (χ1v) is 11.1. The molecule has 7 heteroatoms. The van der Waals surface area contributed by atoms with Crippen molar-refractivity contribution in [2.45, 2.75) is 25.3 Å². The van der Waals surface area contributed by atoms with Crippen molar-refractivity contribution in [1.82, 2.24) is 14.8 Å². The number of aromatic nitrogens is 1. The summed E-state index contributed by atoms with van der Waals surface area (Å²) in [5, 5.41) is 4.37. The highest BCUT2D eigenvalue weighted by Crippen LogP contribution is 2.49. The van der Waals surface area contributed by atoms with Crippen LogP contribution in [0.15, 0.2) is 36.5 Å². The molecule has 7 nitrogen and oxygen atoms in total. The van der Waals surface area contributed by atoms with Crippen LogP contribution in [0.4, 0.5) is 0 Å². The van der Waals surface area contributed by atoms with Gasteiger partial charge in [-0.15, -0.1) is 0 Å². The maximum Gasteiger partial charge on any atom is 0.231 e. The van der Waals surface area contributed by atoms with Crippen molar-refractivity contribution in [3.8, 4) is 17.2 Å². The molecule has 32 heavy (non-hydrogen) atoms. The van der Waals surface area contributed by atoms with Crippen LogP contribution in [0.5, 0.6) is 17.2 Å². The fourth-order valence-corrected chi connectivity index (χ4v) is 4.95. The summed E-state index contributed by atoms with van der Waals surface area (Å²) in [5.74, 6) is 2.17. The van der Waals surface area contributed by atoms with Crippen molar-refractivity contribution in [1.29, 1.82) is 0 Å². The number of fused-ring (bicyclic) bond motifs is 3. The molecule has 0 aliphatic carbocycles. The van der Waals surface area contributed by atoms with Gasteiger partial charge in [-0.25, -0.2) is 0 Å². The van der Waals surface area contributed by atoms with Gasteiger partial charge >= 0.3 is 0 Å². The number of carbonyl (C=O) groups excluding carboxylic acids is 1. The highest BCUT2D eigenvalue weighted by molar-refractivity contribution is 5.85. The van der Waals surface area contributed by atoms with E-state index in [0.717, 1.165) is 30.0 Å². The highest BCUT2D eigenvalue weighted by Gasteiger charge is 2.34. The fraction of sp³-hybridized carbons (Fsp3) is 0.400. The highest BCUT2D eigenvalue weighted by atomic mass is 16.7. The van der Waals surface area contributed by atoms with Crippen molar-refractivity contribution >= 4 is 16.8 Å². The lowest BCUT2D eigenvalue weighted by atomic mass is 9.91. The number of hydrogen-bond acceptors (Lipinski definition) is 5. The maximum absolute atomic E-state index is 12.7.